The normalized spacial score (nSPS) is 10.3. The van der Waals surface area contributed by atoms with E-state index in [0.717, 1.165) is 0 Å². The van der Waals surface area contributed by atoms with Gasteiger partial charge in [0.2, 0.25) is 5.88 Å². The molecule has 0 spiro atoms. The first-order valence-electron chi connectivity index (χ1n) is 5.39. The molecular weight excluding hydrogens is 270 g/mol. The first kappa shape index (κ1) is 13.2. The van der Waals surface area contributed by atoms with E-state index in [1.165, 1.54) is 12.1 Å². The van der Waals surface area contributed by atoms with Gasteiger partial charge in [-0.3, -0.25) is 0 Å². The number of carbonyl (C=O) groups is 1. The lowest BCUT2D eigenvalue weighted by Gasteiger charge is -2.05. The molecule has 0 fully saturated rings. The molecular formula is C12H12ClN3O3. The average Bonchev–Trinajstić information content (AvgIpc) is 2.69. The lowest BCUT2D eigenvalue weighted by Crippen LogP contribution is -1.99. The number of nitrogens with one attached hydrogen (secondary N) is 1. The molecule has 6 nitrogen and oxygen atoms in total. The first-order valence-corrected chi connectivity index (χ1v) is 5.77. The molecule has 1 heterocycles. The quantitative estimate of drug-likeness (QED) is 0.900. The number of halogens is 1. The van der Waals surface area contributed by atoms with Gasteiger partial charge in [-0.25, -0.2) is 9.48 Å². The van der Waals surface area contributed by atoms with Crippen LogP contribution in [0.25, 0.3) is 0 Å². The molecule has 2 rings (SSSR count). The summed E-state index contributed by atoms with van der Waals surface area (Å²) in [4.78, 5) is 10.8. The molecule has 2 N–H and O–H groups in total. The van der Waals surface area contributed by atoms with Crippen molar-refractivity contribution in [2.45, 2.75) is 0 Å². The first-order chi connectivity index (χ1) is 9.01. The standard InChI is InChI=1S/C12H12ClN3O3/c1-16-11(19-2)6-10(15-16)14-7-3-4-8(12(17)18)9(13)5-7/h3-6H,1-2H3,(H,14,15)(H,17,18). The Labute approximate surface area is 114 Å². The SMILES string of the molecule is COc1cc(Nc2ccc(C(=O)O)c(Cl)c2)nn1C. The molecule has 2 aromatic rings. The van der Waals surface area contributed by atoms with E-state index >= 15 is 0 Å². The number of ether oxygens (including phenoxy) is 1. The van der Waals surface area contributed by atoms with Gasteiger partial charge in [-0.2, -0.15) is 5.10 Å². The molecule has 7 heteroatoms. The third-order valence-corrected chi connectivity index (χ3v) is 2.83. The number of carboxylic acids is 1. The second-order valence-corrected chi connectivity index (χ2v) is 4.23. The maximum Gasteiger partial charge on any atom is 0.337 e. The van der Waals surface area contributed by atoms with E-state index < -0.39 is 5.97 Å². The fourth-order valence-electron chi connectivity index (χ4n) is 1.62. The largest absolute Gasteiger partial charge is 0.481 e. The molecule has 0 radical (unpaired) electrons. The molecule has 1 aromatic heterocycles. The third-order valence-electron chi connectivity index (χ3n) is 2.52. The van der Waals surface area contributed by atoms with E-state index in [9.17, 15) is 4.79 Å². The van der Waals surface area contributed by atoms with Crippen LogP contribution in [0.4, 0.5) is 11.5 Å². The summed E-state index contributed by atoms with van der Waals surface area (Å²) < 4.78 is 6.67. The molecule has 19 heavy (non-hydrogen) atoms. The van der Waals surface area contributed by atoms with Crippen LogP contribution in [0.15, 0.2) is 24.3 Å². The number of anilines is 2. The van der Waals surface area contributed by atoms with Crippen molar-refractivity contribution in [3.8, 4) is 5.88 Å². The summed E-state index contributed by atoms with van der Waals surface area (Å²) in [5.41, 5.74) is 0.710. The van der Waals surface area contributed by atoms with E-state index in [0.29, 0.717) is 17.4 Å². The van der Waals surface area contributed by atoms with Gasteiger partial charge in [0.25, 0.3) is 0 Å². The molecule has 0 amide bonds. The summed E-state index contributed by atoms with van der Waals surface area (Å²) in [5.74, 6) is 0.130. The second-order valence-electron chi connectivity index (χ2n) is 3.82. The minimum absolute atomic E-state index is 0.0609. The van der Waals surface area contributed by atoms with E-state index in [2.05, 4.69) is 10.4 Å². The fraction of sp³-hybridized carbons (Fsp3) is 0.167. The lowest BCUT2D eigenvalue weighted by atomic mass is 10.2. The molecule has 0 saturated carbocycles. The number of rotatable bonds is 4. The Morgan fingerprint density at radius 2 is 2.21 bits per heavy atom. The Morgan fingerprint density at radius 3 is 2.74 bits per heavy atom. The number of hydrogen-bond acceptors (Lipinski definition) is 4. The number of nitrogens with zero attached hydrogens (tertiary/aromatic N) is 2. The van der Waals surface area contributed by atoms with E-state index in [1.807, 2.05) is 0 Å². The van der Waals surface area contributed by atoms with Gasteiger partial charge in [0.15, 0.2) is 5.82 Å². The van der Waals surface area contributed by atoms with Crippen LogP contribution in [-0.4, -0.2) is 28.0 Å². The Hall–Kier alpha value is -2.21. The maximum absolute atomic E-state index is 10.8. The summed E-state index contributed by atoms with van der Waals surface area (Å²) in [6.45, 7) is 0. The molecule has 0 atom stereocenters. The van der Waals surface area contributed by atoms with Crippen LogP contribution in [-0.2, 0) is 7.05 Å². The van der Waals surface area contributed by atoms with Crippen LogP contribution < -0.4 is 10.1 Å². The predicted molar refractivity (Wildman–Crippen MR) is 71.5 cm³/mol. The van der Waals surface area contributed by atoms with Crippen molar-refractivity contribution < 1.29 is 14.6 Å². The van der Waals surface area contributed by atoms with Crippen molar-refractivity contribution in [2.75, 3.05) is 12.4 Å². The van der Waals surface area contributed by atoms with Crippen molar-refractivity contribution in [1.82, 2.24) is 9.78 Å². The van der Waals surface area contributed by atoms with Gasteiger partial charge in [0, 0.05) is 18.8 Å². The van der Waals surface area contributed by atoms with E-state index in [1.54, 1.807) is 31.0 Å². The molecule has 0 aliphatic rings. The smallest absolute Gasteiger partial charge is 0.337 e. The van der Waals surface area contributed by atoms with Gasteiger partial charge in [-0.1, -0.05) is 11.6 Å². The number of benzene rings is 1. The van der Waals surface area contributed by atoms with Gasteiger partial charge in [0.1, 0.15) is 0 Å². The van der Waals surface area contributed by atoms with Crippen molar-refractivity contribution >= 4 is 29.1 Å². The summed E-state index contributed by atoms with van der Waals surface area (Å²) in [6, 6.07) is 6.31. The number of carboxylic acid groups (broad SMARTS) is 1. The summed E-state index contributed by atoms with van der Waals surface area (Å²) in [6.07, 6.45) is 0. The van der Waals surface area contributed by atoms with Crippen molar-refractivity contribution in [2.24, 2.45) is 7.05 Å². The predicted octanol–water partition coefficient (Wildman–Crippen LogP) is 2.52. The van der Waals surface area contributed by atoms with Crippen LogP contribution in [0.3, 0.4) is 0 Å². The monoisotopic (exact) mass is 281 g/mol. The van der Waals surface area contributed by atoms with Gasteiger partial charge in [-0.15, -0.1) is 0 Å². The molecule has 100 valence electrons. The lowest BCUT2D eigenvalue weighted by molar-refractivity contribution is 0.0697. The number of hydrogen-bond donors (Lipinski definition) is 2. The van der Waals surface area contributed by atoms with Crippen molar-refractivity contribution in [3.05, 3.63) is 34.9 Å². The molecule has 1 aromatic carbocycles. The number of aromatic nitrogens is 2. The fourth-order valence-corrected chi connectivity index (χ4v) is 1.88. The highest BCUT2D eigenvalue weighted by molar-refractivity contribution is 6.33. The molecule has 0 unspecified atom stereocenters. The van der Waals surface area contributed by atoms with Crippen molar-refractivity contribution in [3.63, 3.8) is 0 Å². The van der Waals surface area contributed by atoms with Gasteiger partial charge < -0.3 is 15.2 Å². The van der Waals surface area contributed by atoms with Gasteiger partial charge in [0.05, 0.1) is 17.7 Å². The average molecular weight is 282 g/mol. The van der Waals surface area contributed by atoms with E-state index in [4.69, 9.17) is 21.4 Å². The van der Waals surface area contributed by atoms with Crippen molar-refractivity contribution in [1.29, 1.82) is 0 Å². The summed E-state index contributed by atoms with van der Waals surface area (Å²) in [7, 11) is 3.31. The highest BCUT2D eigenvalue weighted by atomic mass is 35.5. The van der Waals surface area contributed by atoms with E-state index in [-0.39, 0.29) is 10.6 Å². The zero-order chi connectivity index (χ0) is 14.0. The molecule has 0 saturated heterocycles. The Kier molecular flexibility index (Phi) is 3.62. The van der Waals surface area contributed by atoms with Crippen LogP contribution >= 0.6 is 11.6 Å². The zero-order valence-electron chi connectivity index (χ0n) is 10.3. The Morgan fingerprint density at radius 1 is 1.47 bits per heavy atom. The van der Waals surface area contributed by atoms with Crippen LogP contribution in [0, 0.1) is 0 Å². The summed E-state index contributed by atoms with van der Waals surface area (Å²) >= 11 is 5.88. The van der Waals surface area contributed by atoms with Gasteiger partial charge in [-0.05, 0) is 18.2 Å². The minimum atomic E-state index is -1.06. The molecule has 0 aliphatic carbocycles. The molecule has 0 bridgehead atoms. The Bertz CT molecular complexity index is 625. The second kappa shape index (κ2) is 5.19. The third kappa shape index (κ3) is 2.79. The number of methoxy groups -OCH3 is 1. The van der Waals surface area contributed by atoms with Crippen LogP contribution in [0.2, 0.25) is 5.02 Å². The highest BCUT2D eigenvalue weighted by Gasteiger charge is 2.10. The zero-order valence-corrected chi connectivity index (χ0v) is 11.1. The van der Waals surface area contributed by atoms with Crippen LogP contribution in [0.5, 0.6) is 5.88 Å². The highest BCUT2D eigenvalue weighted by Crippen LogP contribution is 2.24. The van der Waals surface area contributed by atoms with Gasteiger partial charge >= 0.3 is 5.97 Å². The van der Waals surface area contributed by atoms with Crippen LogP contribution in [0.1, 0.15) is 10.4 Å². The minimum Gasteiger partial charge on any atom is -0.481 e. The number of aromatic carboxylic acids is 1. The maximum atomic E-state index is 10.8. The topological polar surface area (TPSA) is 76.4 Å². The molecule has 0 aliphatic heterocycles. The summed E-state index contributed by atoms with van der Waals surface area (Å²) in [5, 5.41) is 16.3. The number of aryl methyl sites for hydroxylation is 1. The Balaban J connectivity index is 2.23.